The van der Waals surface area contributed by atoms with Crippen molar-refractivity contribution in [3.05, 3.63) is 45.6 Å². The number of hydrogen-bond acceptors (Lipinski definition) is 5. The molecule has 1 saturated heterocycles. The number of ether oxygens (including phenoxy) is 1. The second kappa shape index (κ2) is 7.23. The number of thiophene rings is 1. The van der Waals surface area contributed by atoms with Crippen LogP contribution in [0, 0.1) is 0 Å². The summed E-state index contributed by atoms with van der Waals surface area (Å²) in [5.41, 5.74) is 7.88. The Morgan fingerprint density at radius 3 is 3.12 bits per heavy atom. The molecule has 1 atom stereocenters. The number of hydrogen-bond donors (Lipinski definition) is 2. The minimum atomic E-state index is -0.0371. The van der Waals surface area contributed by atoms with Crippen molar-refractivity contribution in [1.29, 1.82) is 0 Å². The fourth-order valence-corrected chi connectivity index (χ4v) is 4.57. The number of fused-ring (bicyclic) bond motifs is 3. The van der Waals surface area contributed by atoms with Crippen LogP contribution in [-0.4, -0.2) is 42.7 Å². The molecular formula is C20H23N3O2S. The number of nitrogens with zero attached hydrogens (tertiary/aromatic N) is 1. The van der Waals surface area contributed by atoms with E-state index in [0.29, 0.717) is 0 Å². The van der Waals surface area contributed by atoms with Crippen molar-refractivity contribution in [1.82, 2.24) is 9.88 Å². The van der Waals surface area contributed by atoms with E-state index < -0.39 is 0 Å². The van der Waals surface area contributed by atoms with E-state index in [9.17, 15) is 4.79 Å². The van der Waals surface area contributed by atoms with Gasteiger partial charge in [-0.3, -0.25) is 9.69 Å². The van der Waals surface area contributed by atoms with Crippen molar-refractivity contribution in [2.45, 2.75) is 18.9 Å². The summed E-state index contributed by atoms with van der Waals surface area (Å²) < 4.78 is 6.35. The van der Waals surface area contributed by atoms with E-state index in [1.165, 1.54) is 11.3 Å². The molecule has 5 nitrogen and oxygen atoms in total. The first kappa shape index (κ1) is 17.3. The summed E-state index contributed by atoms with van der Waals surface area (Å²) in [6, 6.07) is 6.11. The van der Waals surface area contributed by atoms with E-state index in [0.717, 1.165) is 64.8 Å². The van der Waals surface area contributed by atoms with Gasteiger partial charge in [0.25, 0.3) is 5.56 Å². The topological polar surface area (TPSA) is 71.4 Å². The minimum Gasteiger partial charge on any atom is -0.496 e. The van der Waals surface area contributed by atoms with Gasteiger partial charge in [0.1, 0.15) is 10.4 Å². The molecule has 0 saturated carbocycles. The summed E-state index contributed by atoms with van der Waals surface area (Å²) >= 11 is 1.47. The molecule has 1 aliphatic rings. The number of methoxy groups -OCH3 is 1. The minimum absolute atomic E-state index is 0.0371. The van der Waals surface area contributed by atoms with Gasteiger partial charge < -0.3 is 15.5 Å². The van der Waals surface area contributed by atoms with E-state index in [-0.39, 0.29) is 11.6 Å². The highest BCUT2D eigenvalue weighted by Gasteiger charge is 2.16. The molecule has 2 aromatic heterocycles. The number of aromatic amines is 1. The molecule has 0 bridgehead atoms. The lowest BCUT2D eigenvalue weighted by Gasteiger charge is -2.29. The monoisotopic (exact) mass is 369 g/mol. The zero-order valence-electron chi connectivity index (χ0n) is 14.8. The highest BCUT2D eigenvalue weighted by Crippen LogP contribution is 2.34. The fraction of sp³-hybridized carbons (Fsp3) is 0.350. The van der Waals surface area contributed by atoms with Gasteiger partial charge in [0.2, 0.25) is 0 Å². The normalized spacial score (nSPS) is 18.9. The molecule has 26 heavy (non-hydrogen) atoms. The molecule has 0 aliphatic carbocycles. The quantitative estimate of drug-likeness (QED) is 0.741. The molecule has 0 amide bonds. The fourth-order valence-electron chi connectivity index (χ4n) is 3.78. The third-order valence-corrected chi connectivity index (χ3v) is 5.92. The van der Waals surface area contributed by atoms with E-state index >= 15 is 0 Å². The summed E-state index contributed by atoms with van der Waals surface area (Å²) in [4.78, 5) is 17.6. The Hall–Kier alpha value is -2.15. The lowest BCUT2D eigenvalue weighted by molar-refractivity contribution is 0.229. The molecule has 3 N–H and O–H groups in total. The number of piperidine rings is 1. The van der Waals surface area contributed by atoms with Crippen LogP contribution < -0.4 is 16.0 Å². The molecule has 136 valence electrons. The van der Waals surface area contributed by atoms with Crippen LogP contribution in [0.4, 0.5) is 0 Å². The van der Waals surface area contributed by atoms with Crippen molar-refractivity contribution in [2.75, 3.05) is 26.7 Å². The SMILES string of the molecule is COc1ccc2[nH]c(=O)c3sccc3c2c1C=CCN1CCCC(N)C1. The van der Waals surface area contributed by atoms with E-state index in [1.807, 2.05) is 23.6 Å². The average molecular weight is 369 g/mol. The van der Waals surface area contributed by atoms with Crippen molar-refractivity contribution in [3.63, 3.8) is 0 Å². The predicted octanol–water partition coefficient (Wildman–Crippen LogP) is 3.19. The molecule has 1 aromatic carbocycles. The Labute approximate surface area is 156 Å². The molecule has 0 radical (unpaired) electrons. The van der Waals surface area contributed by atoms with Gasteiger partial charge in [0, 0.05) is 41.0 Å². The maximum atomic E-state index is 12.3. The van der Waals surface area contributed by atoms with Gasteiger partial charge in [-0.1, -0.05) is 12.2 Å². The summed E-state index contributed by atoms with van der Waals surface area (Å²) in [5, 5.41) is 3.97. The van der Waals surface area contributed by atoms with Gasteiger partial charge >= 0.3 is 0 Å². The number of likely N-dealkylation sites (tertiary alicyclic amines) is 1. The van der Waals surface area contributed by atoms with Gasteiger partial charge in [0.15, 0.2) is 0 Å². The predicted molar refractivity (Wildman–Crippen MR) is 109 cm³/mol. The van der Waals surface area contributed by atoms with Gasteiger partial charge in [-0.05, 0) is 43.0 Å². The molecule has 3 heterocycles. The lowest BCUT2D eigenvalue weighted by Crippen LogP contribution is -2.42. The Morgan fingerprint density at radius 2 is 2.31 bits per heavy atom. The number of H-pyrrole nitrogens is 1. The first-order valence-corrected chi connectivity index (χ1v) is 9.80. The highest BCUT2D eigenvalue weighted by molar-refractivity contribution is 7.17. The third kappa shape index (κ3) is 3.16. The molecular weight excluding hydrogens is 346 g/mol. The molecule has 3 aromatic rings. The van der Waals surface area contributed by atoms with Gasteiger partial charge in [-0.2, -0.15) is 0 Å². The van der Waals surface area contributed by atoms with Crippen LogP contribution in [0.5, 0.6) is 5.75 Å². The molecule has 4 rings (SSSR count). The van der Waals surface area contributed by atoms with Gasteiger partial charge in [-0.15, -0.1) is 11.3 Å². The number of nitrogens with one attached hydrogen (secondary N) is 1. The zero-order chi connectivity index (χ0) is 18.1. The van der Waals surface area contributed by atoms with Crippen LogP contribution in [0.3, 0.4) is 0 Å². The van der Waals surface area contributed by atoms with Crippen LogP contribution in [0.25, 0.3) is 27.1 Å². The number of pyridine rings is 1. The van der Waals surface area contributed by atoms with Crippen molar-refractivity contribution in [3.8, 4) is 5.75 Å². The molecule has 1 aliphatic heterocycles. The van der Waals surface area contributed by atoms with Crippen molar-refractivity contribution < 1.29 is 4.74 Å². The Bertz CT molecular complexity index is 1020. The molecule has 6 heteroatoms. The maximum Gasteiger partial charge on any atom is 0.266 e. The lowest BCUT2D eigenvalue weighted by atomic mass is 10.0. The molecule has 1 unspecified atom stereocenters. The van der Waals surface area contributed by atoms with Crippen LogP contribution in [0.1, 0.15) is 18.4 Å². The van der Waals surface area contributed by atoms with Crippen LogP contribution in [-0.2, 0) is 0 Å². The summed E-state index contributed by atoms with van der Waals surface area (Å²) in [5.74, 6) is 0.809. The van der Waals surface area contributed by atoms with Crippen molar-refractivity contribution >= 4 is 38.4 Å². The van der Waals surface area contributed by atoms with E-state index in [1.54, 1.807) is 7.11 Å². The maximum absolute atomic E-state index is 12.3. The number of rotatable bonds is 4. The Kier molecular flexibility index (Phi) is 4.80. The summed E-state index contributed by atoms with van der Waals surface area (Å²) in [6.45, 7) is 2.90. The Morgan fingerprint density at radius 1 is 1.42 bits per heavy atom. The van der Waals surface area contributed by atoms with E-state index in [2.05, 4.69) is 22.0 Å². The molecule has 0 spiro atoms. The zero-order valence-corrected chi connectivity index (χ0v) is 15.6. The second-order valence-electron chi connectivity index (χ2n) is 6.79. The van der Waals surface area contributed by atoms with Gasteiger partial charge in [0.05, 0.1) is 7.11 Å². The third-order valence-electron chi connectivity index (χ3n) is 5.00. The van der Waals surface area contributed by atoms with Gasteiger partial charge in [-0.25, -0.2) is 0 Å². The van der Waals surface area contributed by atoms with Crippen LogP contribution >= 0.6 is 11.3 Å². The molecule has 1 fully saturated rings. The second-order valence-corrected chi connectivity index (χ2v) is 7.70. The largest absolute Gasteiger partial charge is 0.496 e. The van der Waals surface area contributed by atoms with E-state index in [4.69, 9.17) is 10.5 Å². The average Bonchev–Trinajstić information content (AvgIpc) is 3.12. The standard InChI is InChI=1S/C20H23N3O2S/c1-25-17-7-6-16-18(15-8-11-26-19(15)20(24)22-16)14(17)5-3-10-23-9-2-4-13(21)12-23/h3,5-8,11,13H,2,4,9-10,12,21H2,1H3,(H,22,24). The summed E-state index contributed by atoms with van der Waals surface area (Å²) in [6.07, 6.45) is 6.54. The van der Waals surface area contributed by atoms with Crippen molar-refractivity contribution in [2.24, 2.45) is 5.73 Å². The number of benzene rings is 1. The highest BCUT2D eigenvalue weighted by atomic mass is 32.1. The number of nitrogens with two attached hydrogens (primary N) is 1. The Balaban J connectivity index is 1.76. The van der Waals surface area contributed by atoms with Crippen LogP contribution in [0.2, 0.25) is 0 Å². The first-order chi connectivity index (χ1) is 12.7. The van der Waals surface area contributed by atoms with Crippen LogP contribution in [0.15, 0.2) is 34.4 Å². The summed E-state index contributed by atoms with van der Waals surface area (Å²) in [7, 11) is 1.68. The smallest absolute Gasteiger partial charge is 0.266 e. The number of aromatic nitrogens is 1. The first-order valence-electron chi connectivity index (χ1n) is 8.92.